The number of esters is 1. The van der Waals surface area contributed by atoms with Crippen LogP contribution in [0.5, 0.6) is 0 Å². The average molecular weight is 435 g/mol. The topological polar surface area (TPSA) is 119 Å². The van der Waals surface area contributed by atoms with Crippen LogP contribution >= 0.6 is 0 Å². The summed E-state index contributed by atoms with van der Waals surface area (Å²) in [5.74, 6) is -5.83. The Morgan fingerprint density at radius 1 is 0.935 bits per heavy atom. The number of alkyl carbamates (subject to hydrolysis) is 1. The largest absolute Gasteiger partial charge is 0.481 e. The van der Waals surface area contributed by atoms with E-state index in [0.717, 1.165) is 18.2 Å². The van der Waals surface area contributed by atoms with Crippen molar-refractivity contribution in [1.82, 2.24) is 5.32 Å². The molecule has 2 aromatic rings. The SMILES string of the molecule is O=C(O)CC[C@H](NC(=O)OCc1ccccc1)C(=O)COC(=O)c1c(F)cccc1F. The number of hydrogen-bond donors (Lipinski definition) is 2. The maximum absolute atomic E-state index is 13.6. The van der Waals surface area contributed by atoms with Crippen LogP contribution in [-0.2, 0) is 25.7 Å². The highest BCUT2D eigenvalue weighted by Gasteiger charge is 2.25. The van der Waals surface area contributed by atoms with Crippen LogP contribution in [0.15, 0.2) is 48.5 Å². The predicted molar refractivity (Wildman–Crippen MR) is 102 cm³/mol. The third-order valence-electron chi connectivity index (χ3n) is 4.05. The van der Waals surface area contributed by atoms with Gasteiger partial charge in [-0.1, -0.05) is 36.4 Å². The lowest BCUT2D eigenvalue weighted by Crippen LogP contribution is -2.43. The Kier molecular flexibility index (Phi) is 8.62. The molecule has 0 fully saturated rings. The minimum atomic E-state index is -1.41. The van der Waals surface area contributed by atoms with Crippen molar-refractivity contribution in [2.45, 2.75) is 25.5 Å². The Bertz CT molecular complexity index is 930. The van der Waals surface area contributed by atoms with Crippen LogP contribution in [-0.4, -0.2) is 41.6 Å². The Labute approximate surface area is 175 Å². The first-order valence-electron chi connectivity index (χ1n) is 9.10. The molecule has 1 amide bonds. The Morgan fingerprint density at radius 2 is 1.58 bits per heavy atom. The van der Waals surface area contributed by atoms with Gasteiger partial charge in [0.25, 0.3) is 0 Å². The van der Waals surface area contributed by atoms with Crippen molar-refractivity contribution in [3.05, 3.63) is 71.3 Å². The van der Waals surface area contributed by atoms with Gasteiger partial charge in [-0.3, -0.25) is 9.59 Å². The fourth-order valence-electron chi connectivity index (χ4n) is 2.49. The van der Waals surface area contributed by atoms with Crippen molar-refractivity contribution in [3.63, 3.8) is 0 Å². The molecular weight excluding hydrogens is 416 g/mol. The summed E-state index contributed by atoms with van der Waals surface area (Å²) in [6.07, 6.45) is -1.76. The van der Waals surface area contributed by atoms with Gasteiger partial charge in [-0.05, 0) is 24.1 Å². The normalized spacial score (nSPS) is 11.3. The smallest absolute Gasteiger partial charge is 0.408 e. The molecule has 0 bridgehead atoms. The van der Waals surface area contributed by atoms with Crippen molar-refractivity contribution in [2.24, 2.45) is 0 Å². The van der Waals surface area contributed by atoms with Gasteiger partial charge in [-0.2, -0.15) is 0 Å². The van der Waals surface area contributed by atoms with E-state index in [1.165, 1.54) is 0 Å². The second kappa shape index (κ2) is 11.4. The van der Waals surface area contributed by atoms with E-state index in [9.17, 15) is 28.0 Å². The number of Topliss-reactive ketones (excluding diaryl/α,β-unsaturated/α-hetero) is 1. The van der Waals surface area contributed by atoms with E-state index in [4.69, 9.17) is 9.84 Å². The first-order chi connectivity index (χ1) is 14.8. The summed E-state index contributed by atoms with van der Waals surface area (Å²) in [5.41, 5.74) is -0.278. The van der Waals surface area contributed by atoms with Gasteiger partial charge in [0.1, 0.15) is 23.8 Å². The highest BCUT2D eigenvalue weighted by molar-refractivity contribution is 5.94. The van der Waals surface area contributed by atoms with Crippen LogP contribution in [0.3, 0.4) is 0 Å². The maximum atomic E-state index is 13.6. The molecule has 10 heteroatoms. The van der Waals surface area contributed by atoms with E-state index in [1.807, 2.05) is 0 Å². The number of ketones is 1. The molecule has 0 aromatic heterocycles. The van der Waals surface area contributed by atoms with Gasteiger partial charge in [0.15, 0.2) is 12.4 Å². The van der Waals surface area contributed by atoms with Gasteiger partial charge in [0.2, 0.25) is 0 Å². The van der Waals surface area contributed by atoms with Gasteiger partial charge in [-0.25, -0.2) is 18.4 Å². The number of carbonyl (C=O) groups excluding carboxylic acids is 3. The number of carboxylic acid groups (broad SMARTS) is 1. The number of carbonyl (C=O) groups is 4. The van der Waals surface area contributed by atoms with E-state index in [0.29, 0.717) is 5.56 Å². The number of halogens is 2. The third kappa shape index (κ3) is 7.50. The number of ether oxygens (including phenoxy) is 2. The quantitative estimate of drug-likeness (QED) is 0.551. The highest BCUT2D eigenvalue weighted by atomic mass is 19.1. The number of benzene rings is 2. The third-order valence-corrected chi connectivity index (χ3v) is 4.05. The van der Waals surface area contributed by atoms with Crippen molar-refractivity contribution < 1.29 is 42.5 Å². The monoisotopic (exact) mass is 435 g/mol. The van der Waals surface area contributed by atoms with Gasteiger partial charge in [0.05, 0.1) is 6.04 Å². The van der Waals surface area contributed by atoms with Crippen molar-refractivity contribution in [3.8, 4) is 0 Å². The number of amides is 1. The van der Waals surface area contributed by atoms with E-state index in [2.05, 4.69) is 10.1 Å². The Morgan fingerprint density at radius 3 is 2.19 bits per heavy atom. The van der Waals surface area contributed by atoms with Crippen LogP contribution in [0, 0.1) is 11.6 Å². The second-order valence-corrected chi connectivity index (χ2v) is 6.33. The fraction of sp³-hybridized carbons (Fsp3) is 0.238. The number of aliphatic carboxylic acids is 1. The van der Waals surface area contributed by atoms with E-state index >= 15 is 0 Å². The Balaban J connectivity index is 1.96. The van der Waals surface area contributed by atoms with Crippen LogP contribution < -0.4 is 5.32 Å². The number of carboxylic acids is 1. The fourth-order valence-corrected chi connectivity index (χ4v) is 2.49. The summed E-state index contributed by atoms with van der Waals surface area (Å²) in [4.78, 5) is 47.1. The first-order valence-corrected chi connectivity index (χ1v) is 9.10. The standard InChI is InChI=1S/C21H19F2NO7/c22-14-7-4-8-15(23)19(14)20(28)30-12-17(25)16(9-10-18(26)27)24-21(29)31-11-13-5-2-1-3-6-13/h1-8,16H,9-12H2,(H,24,29)(H,26,27)/t16-/m0/s1. The van der Waals surface area contributed by atoms with Crippen LogP contribution in [0.25, 0.3) is 0 Å². The summed E-state index contributed by atoms with van der Waals surface area (Å²) in [5, 5.41) is 11.0. The summed E-state index contributed by atoms with van der Waals surface area (Å²) >= 11 is 0. The molecule has 0 unspecified atom stereocenters. The zero-order chi connectivity index (χ0) is 22.8. The molecule has 0 aliphatic carbocycles. The molecular formula is C21H19F2NO7. The minimum absolute atomic E-state index is 0.0892. The molecule has 0 saturated heterocycles. The van der Waals surface area contributed by atoms with Gasteiger partial charge >= 0.3 is 18.0 Å². The summed E-state index contributed by atoms with van der Waals surface area (Å²) in [6, 6.07) is 10.1. The minimum Gasteiger partial charge on any atom is -0.481 e. The second-order valence-electron chi connectivity index (χ2n) is 6.33. The van der Waals surface area contributed by atoms with Crippen LogP contribution in [0.4, 0.5) is 13.6 Å². The molecule has 1 atom stereocenters. The lowest BCUT2D eigenvalue weighted by Gasteiger charge is -2.17. The molecule has 0 spiro atoms. The average Bonchev–Trinajstić information content (AvgIpc) is 2.74. The van der Waals surface area contributed by atoms with E-state index in [1.54, 1.807) is 30.3 Å². The lowest BCUT2D eigenvalue weighted by molar-refractivity contribution is -0.137. The maximum Gasteiger partial charge on any atom is 0.408 e. The molecule has 0 saturated carbocycles. The van der Waals surface area contributed by atoms with Crippen molar-refractivity contribution in [2.75, 3.05) is 6.61 Å². The summed E-state index contributed by atoms with van der Waals surface area (Å²) in [7, 11) is 0. The molecule has 0 aliphatic rings. The molecule has 2 N–H and O–H groups in total. The molecule has 164 valence electrons. The zero-order valence-corrected chi connectivity index (χ0v) is 16.2. The van der Waals surface area contributed by atoms with Crippen molar-refractivity contribution >= 4 is 23.8 Å². The van der Waals surface area contributed by atoms with E-state index < -0.39 is 60.1 Å². The van der Waals surface area contributed by atoms with Crippen molar-refractivity contribution in [1.29, 1.82) is 0 Å². The highest BCUT2D eigenvalue weighted by Crippen LogP contribution is 2.13. The van der Waals surface area contributed by atoms with Crippen LogP contribution in [0.2, 0.25) is 0 Å². The Hall–Kier alpha value is -3.82. The van der Waals surface area contributed by atoms with Gasteiger partial charge in [0, 0.05) is 6.42 Å². The molecule has 0 radical (unpaired) electrons. The molecule has 8 nitrogen and oxygen atoms in total. The first kappa shape index (κ1) is 23.5. The molecule has 0 aliphatic heterocycles. The van der Waals surface area contributed by atoms with Crippen LogP contribution in [0.1, 0.15) is 28.8 Å². The van der Waals surface area contributed by atoms with E-state index in [-0.39, 0.29) is 13.0 Å². The van der Waals surface area contributed by atoms with Gasteiger partial charge < -0.3 is 19.9 Å². The lowest BCUT2D eigenvalue weighted by atomic mass is 10.1. The molecule has 2 aromatic carbocycles. The zero-order valence-electron chi connectivity index (χ0n) is 16.2. The molecule has 0 heterocycles. The molecule has 31 heavy (non-hydrogen) atoms. The number of rotatable bonds is 10. The predicted octanol–water partition coefficient (Wildman–Crippen LogP) is 2.85. The number of nitrogens with one attached hydrogen (secondary N) is 1. The number of hydrogen-bond acceptors (Lipinski definition) is 6. The van der Waals surface area contributed by atoms with Gasteiger partial charge in [-0.15, -0.1) is 0 Å². The summed E-state index contributed by atoms with van der Waals surface area (Å²) in [6.45, 7) is -1.02. The molecule has 2 rings (SSSR count). The summed E-state index contributed by atoms with van der Waals surface area (Å²) < 4.78 is 36.9.